The van der Waals surface area contributed by atoms with E-state index in [-0.39, 0.29) is 6.54 Å². The van der Waals surface area contributed by atoms with Crippen molar-refractivity contribution in [2.45, 2.75) is 25.9 Å². The first-order valence-corrected chi connectivity index (χ1v) is 9.84. The number of nitrogens with zero attached hydrogens (tertiary/aromatic N) is 1. The molecule has 2 heterocycles. The number of nitrogens with one attached hydrogen (secondary N) is 3. The summed E-state index contributed by atoms with van der Waals surface area (Å²) in [5.41, 5.74) is 2.59. The van der Waals surface area contributed by atoms with Crippen LogP contribution in [0.4, 0.5) is 16.0 Å². The zero-order valence-corrected chi connectivity index (χ0v) is 17.3. The maximum absolute atomic E-state index is 12.6. The van der Waals surface area contributed by atoms with Gasteiger partial charge < -0.3 is 20.4 Å². The Bertz CT molecular complexity index is 1090. The van der Waals surface area contributed by atoms with Gasteiger partial charge in [0.2, 0.25) is 5.95 Å². The van der Waals surface area contributed by atoms with E-state index in [1.54, 1.807) is 24.3 Å². The van der Waals surface area contributed by atoms with E-state index in [0.29, 0.717) is 44.9 Å². The van der Waals surface area contributed by atoms with Crippen LogP contribution in [0.15, 0.2) is 24.3 Å². The molecular formula is C20H19Cl2FN4O2. The number of ether oxygens (including phenoxy) is 1. The molecule has 1 aliphatic rings. The molecule has 9 heteroatoms. The molecule has 0 bridgehead atoms. The molecule has 0 fully saturated rings. The van der Waals surface area contributed by atoms with E-state index in [1.807, 2.05) is 13.8 Å². The van der Waals surface area contributed by atoms with Crippen LogP contribution in [-0.4, -0.2) is 34.7 Å². The molecule has 0 saturated heterocycles. The number of halogens is 3. The molecule has 0 spiro atoms. The fourth-order valence-electron chi connectivity index (χ4n) is 3.44. The van der Waals surface area contributed by atoms with Crippen molar-refractivity contribution in [3.05, 3.63) is 45.4 Å². The molecule has 6 nitrogen and oxygen atoms in total. The van der Waals surface area contributed by atoms with E-state index in [1.165, 1.54) is 0 Å². The van der Waals surface area contributed by atoms with Gasteiger partial charge in [-0.3, -0.25) is 4.79 Å². The molecular weight excluding hydrogens is 418 g/mol. The first kappa shape index (κ1) is 19.8. The summed E-state index contributed by atoms with van der Waals surface area (Å²) in [5.74, 6) is 0.526. The zero-order valence-electron chi connectivity index (χ0n) is 15.8. The van der Waals surface area contributed by atoms with Gasteiger partial charge in [0, 0.05) is 18.5 Å². The van der Waals surface area contributed by atoms with E-state index in [4.69, 9.17) is 27.9 Å². The van der Waals surface area contributed by atoms with Crippen molar-refractivity contribution in [3.63, 3.8) is 0 Å². The van der Waals surface area contributed by atoms with Crippen LogP contribution >= 0.6 is 23.2 Å². The van der Waals surface area contributed by atoms with Crippen LogP contribution in [0.3, 0.4) is 0 Å². The van der Waals surface area contributed by atoms with Crippen LogP contribution in [0.2, 0.25) is 10.0 Å². The van der Waals surface area contributed by atoms with Gasteiger partial charge in [-0.1, -0.05) is 29.3 Å². The highest BCUT2D eigenvalue weighted by Gasteiger charge is 2.36. The van der Waals surface area contributed by atoms with E-state index in [2.05, 4.69) is 20.6 Å². The number of fused-ring (bicyclic) bond motifs is 3. The number of carbonyl (C=O) groups excluding carboxylic acids is 1. The monoisotopic (exact) mass is 436 g/mol. The lowest BCUT2D eigenvalue weighted by molar-refractivity contribution is 0.0937. The summed E-state index contributed by atoms with van der Waals surface area (Å²) in [5, 5.41) is 6.57. The van der Waals surface area contributed by atoms with Crippen molar-refractivity contribution in [3.8, 4) is 5.75 Å². The molecule has 4 rings (SSSR count). The number of para-hydroxylation sites is 1. The molecule has 0 radical (unpaired) electrons. The number of hydrogen-bond acceptors (Lipinski definition) is 4. The number of carbonyl (C=O) groups is 1. The maximum Gasteiger partial charge on any atom is 0.255 e. The van der Waals surface area contributed by atoms with Crippen LogP contribution in [0, 0.1) is 0 Å². The number of amides is 1. The molecule has 0 saturated carbocycles. The fraction of sp³-hybridized carbons (Fsp3) is 0.300. The molecule has 2 aromatic carbocycles. The molecule has 3 N–H and O–H groups in total. The highest BCUT2D eigenvalue weighted by atomic mass is 35.5. The van der Waals surface area contributed by atoms with Crippen LogP contribution in [-0.2, 0) is 6.42 Å². The van der Waals surface area contributed by atoms with E-state index >= 15 is 0 Å². The molecule has 3 aromatic rings. The Morgan fingerprint density at radius 1 is 1.34 bits per heavy atom. The summed E-state index contributed by atoms with van der Waals surface area (Å²) < 4.78 is 18.5. The van der Waals surface area contributed by atoms with Gasteiger partial charge in [0.15, 0.2) is 0 Å². The van der Waals surface area contributed by atoms with E-state index in [9.17, 15) is 9.18 Å². The molecule has 29 heavy (non-hydrogen) atoms. The average Bonchev–Trinajstić information content (AvgIpc) is 3.21. The Morgan fingerprint density at radius 2 is 2.07 bits per heavy atom. The minimum absolute atomic E-state index is 0.0621. The smallest absolute Gasteiger partial charge is 0.255 e. The predicted octanol–water partition coefficient (Wildman–Crippen LogP) is 5.03. The summed E-state index contributed by atoms with van der Waals surface area (Å²) in [6.45, 7) is 3.19. The number of aromatic amines is 1. The molecule has 1 aliphatic heterocycles. The fourth-order valence-corrected chi connectivity index (χ4v) is 3.93. The van der Waals surface area contributed by atoms with Crippen molar-refractivity contribution >= 4 is 51.8 Å². The number of aromatic nitrogens is 2. The number of anilines is 2. The standard InChI is InChI=1S/C20H19Cl2FN4O2/c1-20(2)9-11-15-14(8-10(17(11)29-20)18(28)24-7-6-23)25-19(26-15)27-16-12(21)4-3-5-13(16)22/h3-5,8H,6-7,9H2,1-2H3,(H,24,28)(H2,25,26,27). The van der Waals surface area contributed by atoms with Crippen molar-refractivity contribution in [1.82, 2.24) is 15.3 Å². The summed E-state index contributed by atoms with van der Waals surface area (Å²) in [6, 6.07) is 6.84. The number of alkyl halides is 1. The Balaban J connectivity index is 1.80. The van der Waals surface area contributed by atoms with Crippen LogP contribution < -0.4 is 15.4 Å². The molecule has 0 atom stereocenters. The largest absolute Gasteiger partial charge is 0.486 e. The Labute approximate surface area is 176 Å². The SMILES string of the molecule is CC1(C)Cc2c(c(C(=O)NCCF)cc3nc(Nc4c(Cl)cccc4Cl)[nH]c23)O1. The van der Waals surface area contributed by atoms with Crippen molar-refractivity contribution in [2.75, 3.05) is 18.5 Å². The van der Waals surface area contributed by atoms with Gasteiger partial charge in [-0.15, -0.1) is 0 Å². The average molecular weight is 437 g/mol. The third-order valence-electron chi connectivity index (χ3n) is 4.65. The molecule has 0 unspecified atom stereocenters. The minimum Gasteiger partial charge on any atom is -0.486 e. The van der Waals surface area contributed by atoms with Crippen LogP contribution in [0.5, 0.6) is 5.75 Å². The first-order valence-electron chi connectivity index (χ1n) is 9.09. The lowest BCUT2D eigenvalue weighted by Gasteiger charge is -2.18. The second-order valence-corrected chi connectivity index (χ2v) is 8.23. The van der Waals surface area contributed by atoms with Crippen LogP contribution in [0.1, 0.15) is 29.8 Å². The number of benzene rings is 2. The number of hydrogen-bond donors (Lipinski definition) is 3. The highest BCUT2D eigenvalue weighted by Crippen LogP contribution is 2.42. The molecule has 0 aliphatic carbocycles. The molecule has 1 aromatic heterocycles. The second-order valence-electron chi connectivity index (χ2n) is 7.42. The molecule has 1 amide bonds. The van der Waals surface area contributed by atoms with Gasteiger partial charge in [0.25, 0.3) is 5.91 Å². The zero-order chi connectivity index (χ0) is 20.8. The summed E-state index contributed by atoms with van der Waals surface area (Å²) in [4.78, 5) is 20.3. The summed E-state index contributed by atoms with van der Waals surface area (Å²) in [6.07, 6.45) is 0.595. The quantitative estimate of drug-likeness (QED) is 0.524. The first-order chi connectivity index (χ1) is 13.8. The van der Waals surface area contributed by atoms with E-state index < -0.39 is 18.2 Å². The van der Waals surface area contributed by atoms with Gasteiger partial charge in [-0.05, 0) is 32.0 Å². The molecule has 152 valence electrons. The van der Waals surface area contributed by atoms with Crippen molar-refractivity contribution in [2.24, 2.45) is 0 Å². The minimum atomic E-state index is -0.641. The Kier molecular flexibility index (Phi) is 5.04. The van der Waals surface area contributed by atoms with Gasteiger partial charge in [0.1, 0.15) is 18.0 Å². The third-order valence-corrected chi connectivity index (χ3v) is 5.27. The highest BCUT2D eigenvalue weighted by molar-refractivity contribution is 6.39. The van der Waals surface area contributed by atoms with Crippen molar-refractivity contribution in [1.29, 1.82) is 0 Å². The normalized spacial score (nSPS) is 14.5. The van der Waals surface area contributed by atoms with E-state index in [0.717, 1.165) is 11.1 Å². The van der Waals surface area contributed by atoms with Gasteiger partial charge in [-0.2, -0.15) is 0 Å². The third kappa shape index (κ3) is 3.72. The van der Waals surface area contributed by atoms with Crippen LogP contribution in [0.25, 0.3) is 11.0 Å². The van der Waals surface area contributed by atoms with Crippen molar-refractivity contribution < 1.29 is 13.9 Å². The Morgan fingerprint density at radius 3 is 2.76 bits per heavy atom. The van der Waals surface area contributed by atoms with Gasteiger partial charge in [-0.25, -0.2) is 9.37 Å². The second kappa shape index (κ2) is 7.39. The topological polar surface area (TPSA) is 79.0 Å². The maximum atomic E-state index is 12.6. The Hall–Kier alpha value is -2.51. The number of rotatable bonds is 5. The number of H-pyrrole nitrogens is 1. The van der Waals surface area contributed by atoms with Gasteiger partial charge in [0.05, 0.1) is 32.3 Å². The predicted molar refractivity (Wildman–Crippen MR) is 113 cm³/mol. The lowest BCUT2D eigenvalue weighted by Crippen LogP contribution is -2.27. The van der Waals surface area contributed by atoms with Gasteiger partial charge >= 0.3 is 0 Å². The number of imidazole rings is 1. The lowest BCUT2D eigenvalue weighted by atomic mass is 9.99. The summed E-state index contributed by atoms with van der Waals surface area (Å²) >= 11 is 12.5. The summed E-state index contributed by atoms with van der Waals surface area (Å²) in [7, 11) is 0.